The average Bonchev–Trinajstić information content (AvgIpc) is 3.17. The highest BCUT2D eigenvalue weighted by molar-refractivity contribution is 5.21. The van der Waals surface area contributed by atoms with E-state index in [2.05, 4.69) is 33.5 Å². The van der Waals surface area contributed by atoms with Gasteiger partial charge in [-0.05, 0) is 19.4 Å². The summed E-state index contributed by atoms with van der Waals surface area (Å²) in [7, 11) is 0. The van der Waals surface area contributed by atoms with Gasteiger partial charge < -0.3 is 9.63 Å². The molecule has 0 fully saturated rings. The van der Waals surface area contributed by atoms with Crippen LogP contribution < -0.4 is 0 Å². The summed E-state index contributed by atoms with van der Waals surface area (Å²) in [6, 6.07) is 10.3. The number of nitrogens with zero attached hydrogens (tertiary/aromatic N) is 4. The first-order chi connectivity index (χ1) is 12.2. The SMILES string of the molecule is Cc1noc(C)c1CN(CCO)Cc1cnn(Cc2ccccc2)c1. The van der Waals surface area contributed by atoms with Crippen LogP contribution in [0, 0.1) is 13.8 Å². The summed E-state index contributed by atoms with van der Waals surface area (Å²) in [5.41, 5.74) is 4.33. The zero-order chi connectivity index (χ0) is 17.6. The second kappa shape index (κ2) is 8.09. The van der Waals surface area contributed by atoms with Gasteiger partial charge in [-0.2, -0.15) is 5.10 Å². The molecule has 6 heteroatoms. The van der Waals surface area contributed by atoms with E-state index in [4.69, 9.17) is 4.52 Å². The van der Waals surface area contributed by atoms with Gasteiger partial charge in [-0.3, -0.25) is 9.58 Å². The highest BCUT2D eigenvalue weighted by atomic mass is 16.5. The number of hydrogen-bond donors (Lipinski definition) is 1. The van der Waals surface area contributed by atoms with E-state index in [1.54, 1.807) is 0 Å². The first-order valence-electron chi connectivity index (χ1n) is 8.46. The Hall–Kier alpha value is -2.44. The average molecular weight is 340 g/mol. The highest BCUT2D eigenvalue weighted by Gasteiger charge is 2.15. The molecule has 0 unspecified atom stereocenters. The van der Waals surface area contributed by atoms with Gasteiger partial charge in [-0.15, -0.1) is 0 Å². The van der Waals surface area contributed by atoms with Crippen LogP contribution in [0.1, 0.15) is 28.1 Å². The minimum atomic E-state index is 0.113. The predicted molar refractivity (Wildman–Crippen MR) is 94.9 cm³/mol. The maximum atomic E-state index is 9.38. The molecular weight excluding hydrogens is 316 g/mol. The summed E-state index contributed by atoms with van der Waals surface area (Å²) in [4.78, 5) is 2.18. The summed E-state index contributed by atoms with van der Waals surface area (Å²) < 4.78 is 7.18. The number of hydrogen-bond acceptors (Lipinski definition) is 5. The van der Waals surface area contributed by atoms with Crippen molar-refractivity contribution >= 4 is 0 Å². The van der Waals surface area contributed by atoms with Crippen LogP contribution in [0.5, 0.6) is 0 Å². The maximum absolute atomic E-state index is 9.38. The normalized spacial score (nSPS) is 11.4. The number of benzene rings is 1. The van der Waals surface area contributed by atoms with E-state index in [1.807, 2.05) is 42.9 Å². The van der Waals surface area contributed by atoms with Crippen LogP contribution >= 0.6 is 0 Å². The second-order valence-corrected chi connectivity index (χ2v) is 6.27. The van der Waals surface area contributed by atoms with Crippen LogP contribution in [0.4, 0.5) is 0 Å². The first kappa shape index (κ1) is 17.4. The molecule has 0 aliphatic heterocycles. The Kier molecular flexibility index (Phi) is 5.63. The fourth-order valence-corrected chi connectivity index (χ4v) is 2.91. The Morgan fingerprint density at radius 2 is 1.92 bits per heavy atom. The Morgan fingerprint density at radius 1 is 1.12 bits per heavy atom. The van der Waals surface area contributed by atoms with Crippen molar-refractivity contribution < 1.29 is 9.63 Å². The van der Waals surface area contributed by atoms with E-state index in [-0.39, 0.29) is 6.61 Å². The summed E-state index contributed by atoms with van der Waals surface area (Å²) in [5, 5.41) is 17.8. The Labute approximate surface area is 147 Å². The molecular formula is C19H24N4O2. The zero-order valence-corrected chi connectivity index (χ0v) is 14.7. The topological polar surface area (TPSA) is 67.3 Å². The molecule has 0 atom stereocenters. The number of aliphatic hydroxyl groups is 1. The van der Waals surface area contributed by atoms with Crippen molar-refractivity contribution in [1.82, 2.24) is 19.8 Å². The molecule has 0 amide bonds. The fourth-order valence-electron chi connectivity index (χ4n) is 2.91. The number of aromatic nitrogens is 3. The molecule has 0 aliphatic carbocycles. The fraction of sp³-hybridized carbons (Fsp3) is 0.368. The minimum absolute atomic E-state index is 0.113. The van der Waals surface area contributed by atoms with Crippen LogP contribution in [0.25, 0.3) is 0 Å². The van der Waals surface area contributed by atoms with Crippen LogP contribution in [-0.4, -0.2) is 38.1 Å². The molecule has 25 heavy (non-hydrogen) atoms. The molecule has 3 aromatic rings. The lowest BCUT2D eigenvalue weighted by Crippen LogP contribution is -2.26. The molecule has 1 N–H and O–H groups in total. The summed E-state index contributed by atoms with van der Waals surface area (Å²) in [5.74, 6) is 0.834. The molecule has 0 aliphatic rings. The lowest BCUT2D eigenvalue weighted by molar-refractivity contribution is 0.183. The van der Waals surface area contributed by atoms with Gasteiger partial charge >= 0.3 is 0 Å². The highest BCUT2D eigenvalue weighted by Crippen LogP contribution is 2.16. The molecule has 2 aromatic heterocycles. The summed E-state index contributed by atoms with van der Waals surface area (Å²) >= 11 is 0. The van der Waals surface area contributed by atoms with Gasteiger partial charge in [0.05, 0.1) is 25.0 Å². The van der Waals surface area contributed by atoms with Gasteiger partial charge in [0.25, 0.3) is 0 Å². The van der Waals surface area contributed by atoms with Crippen molar-refractivity contribution in [2.24, 2.45) is 0 Å². The molecule has 6 nitrogen and oxygen atoms in total. The monoisotopic (exact) mass is 340 g/mol. The molecule has 1 aromatic carbocycles. The second-order valence-electron chi connectivity index (χ2n) is 6.27. The van der Waals surface area contributed by atoms with E-state index < -0.39 is 0 Å². The van der Waals surface area contributed by atoms with Crippen molar-refractivity contribution in [3.63, 3.8) is 0 Å². The summed E-state index contributed by atoms with van der Waals surface area (Å²) in [6.07, 6.45) is 3.95. The van der Waals surface area contributed by atoms with Gasteiger partial charge in [0, 0.05) is 37.0 Å². The lowest BCUT2D eigenvalue weighted by Gasteiger charge is -2.20. The smallest absolute Gasteiger partial charge is 0.138 e. The summed E-state index contributed by atoms with van der Waals surface area (Å²) in [6.45, 7) is 6.75. The van der Waals surface area contributed by atoms with E-state index in [9.17, 15) is 5.11 Å². The van der Waals surface area contributed by atoms with Crippen molar-refractivity contribution in [3.8, 4) is 0 Å². The van der Waals surface area contributed by atoms with Gasteiger partial charge in [0.2, 0.25) is 0 Å². The van der Waals surface area contributed by atoms with Gasteiger partial charge in [-0.1, -0.05) is 35.5 Å². The lowest BCUT2D eigenvalue weighted by atomic mass is 10.2. The van der Waals surface area contributed by atoms with E-state index in [1.165, 1.54) is 5.56 Å². The molecule has 0 bridgehead atoms. The molecule has 0 spiro atoms. The van der Waals surface area contributed by atoms with Crippen LogP contribution in [0.2, 0.25) is 0 Å². The van der Waals surface area contributed by atoms with Crippen LogP contribution in [0.3, 0.4) is 0 Å². The maximum Gasteiger partial charge on any atom is 0.138 e. The van der Waals surface area contributed by atoms with Gasteiger partial charge in [0.1, 0.15) is 5.76 Å². The van der Waals surface area contributed by atoms with Crippen LogP contribution in [-0.2, 0) is 19.6 Å². The van der Waals surface area contributed by atoms with Crippen LogP contribution in [0.15, 0.2) is 47.2 Å². The number of aliphatic hydroxyl groups excluding tert-OH is 1. The minimum Gasteiger partial charge on any atom is -0.395 e. The molecule has 0 saturated heterocycles. The quantitative estimate of drug-likeness (QED) is 0.682. The standard InChI is InChI=1S/C19H24N4O2/c1-15-19(16(2)25-21-15)14-22(8-9-24)11-18-10-20-23(13-18)12-17-6-4-3-5-7-17/h3-7,10,13,24H,8-9,11-12,14H2,1-2H3. The van der Waals surface area contributed by atoms with Crippen molar-refractivity contribution in [2.75, 3.05) is 13.2 Å². The number of aryl methyl sites for hydroxylation is 2. The Bertz CT molecular complexity index is 775. The van der Waals surface area contributed by atoms with E-state index >= 15 is 0 Å². The van der Waals surface area contributed by atoms with Crippen molar-refractivity contribution in [3.05, 3.63) is 70.9 Å². The van der Waals surface area contributed by atoms with E-state index in [0.717, 1.165) is 35.7 Å². The van der Waals surface area contributed by atoms with Gasteiger partial charge in [0.15, 0.2) is 0 Å². The van der Waals surface area contributed by atoms with E-state index in [0.29, 0.717) is 13.1 Å². The molecule has 0 radical (unpaired) electrons. The third-order valence-electron chi connectivity index (χ3n) is 4.26. The zero-order valence-electron chi connectivity index (χ0n) is 14.7. The third kappa shape index (κ3) is 4.55. The van der Waals surface area contributed by atoms with Crippen molar-refractivity contribution in [2.45, 2.75) is 33.5 Å². The molecule has 0 saturated carbocycles. The Balaban J connectivity index is 1.66. The molecule has 132 valence electrons. The van der Waals surface area contributed by atoms with Crippen molar-refractivity contribution in [1.29, 1.82) is 0 Å². The first-order valence-corrected chi connectivity index (χ1v) is 8.46. The third-order valence-corrected chi connectivity index (χ3v) is 4.26. The molecule has 3 rings (SSSR count). The largest absolute Gasteiger partial charge is 0.395 e. The Morgan fingerprint density at radius 3 is 2.60 bits per heavy atom. The van der Waals surface area contributed by atoms with Gasteiger partial charge in [-0.25, -0.2) is 0 Å². The molecule has 2 heterocycles. The predicted octanol–water partition coefficient (Wildman–Crippen LogP) is 2.53. The number of rotatable bonds is 8.